The Labute approximate surface area is 66.5 Å². The second-order valence-corrected chi connectivity index (χ2v) is 4.03. The minimum Gasteiger partial charge on any atom is -0.315 e. The van der Waals surface area contributed by atoms with Crippen LogP contribution in [0.2, 0.25) is 0 Å². The smallest absolute Gasteiger partial charge is 0.274 e. The topological polar surface area (TPSA) is 84.2 Å². The van der Waals surface area contributed by atoms with Crippen LogP contribution in [0.1, 0.15) is 12.8 Å². The van der Waals surface area contributed by atoms with Crippen molar-refractivity contribution in [1.29, 1.82) is 0 Å². The third kappa shape index (κ3) is 3.66. The highest BCUT2D eigenvalue weighted by Gasteiger charge is 2.16. The van der Waals surface area contributed by atoms with Crippen LogP contribution in [-0.4, -0.2) is 27.5 Å². The maximum Gasteiger partial charge on any atom is 0.274 e. The lowest BCUT2D eigenvalue weighted by Gasteiger charge is -2.22. The summed E-state index contributed by atoms with van der Waals surface area (Å²) in [5, 5.41) is 7.87. The fourth-order valence-corrected chi connectivity index (χ4v) is 1.85. The Hall–Kier alpha value is -0.170. The van der Waals surface area contributed by atoms with E-state index in [0.29, 0.717) is 6.54 Å². The molecule has 0 bridgehead atoms. The summed E-state index contributed by atoms with van der Waals surface area (Å²) in [6.45, 7) is 1.64. The summed E-state index contributed by atoms with van der Waals surface area (Å²) in [5.74, 6) is 0. The molecule has 11 heavy (non-hydrogen) atoms. The first-order chi connectivity index (χ1) is 5.08. The third-order valence-corrected chi connectivity index (χ3v) is 2.29. The van der Waals surface area contributed by atoms with E-state index >= 15 is 0 Å². The molecule has 1 saturated heterocycles. The molecule has 66 valence electrons. The molecule has 0 radical (unpaired) electrons. The second kappa shape index (κ2) is 3.48. The van der Waals surface area contributed by atoms with E-state index in [2.05, 4.69) is 10.0 Å². The molecule has 1 fully saturated rings. The molecule has 0 aromatic carbocycles. The van der Waals surface area contributed by atoms with Crippen LogP contribution in [0.4, 0.5) is 0 Å². The molecule has 0 spiro atoms. The van der Waals surface area contributed by atoms with Crippen LogP contribution in [0.5, 0.6) is 0 Å². The Morgan fingerprint density at radius 1 is 1.55 bits per heavy atom. The fraction of sp³-hybridized carbons (Fsp3) is 1.00. The lowest BCUT2D eigenvalue weighted by molar-refractivity contribution is 0.429. The van der Waals surface area contributed by atoms with Gasteiger partial charge < -0.3 is 5.32 Å². The molecule has 0 saturated carbocycles. The van der Waals surface area contributed by atoms with Crippen molar-refractivity contribution in [3.05, 3.63) is 0 Å². The summed E-state index contributed by atoms with van der Waals surface area (Å²) < 4.78 is 23.4. The molecule has 0 aliphatic carbocycles. The van der Waals surface area contributed by atoms with Gasteiger partial charge in [0.2, 0.25) is 0 Å². The fourth-order valence-electron chi connectivity index (χ4n) is 1.18. The molecule has 1 aliphatic rings. The number of piperidine rings is 1. The van der Waals surface area contributed by atoms with Gasteiger partial charge in [0.25, 0.3) is 10.2 Å². The van der Waals surface area contributed by atoms with Gasteiger partial charge in [-0.25, -0.2) is 5.14 Å². The van der Waals surface area contributed by atoms with Crippen molar-refractivity contribution in [2.75, 3.05) is 13.1 Å². The van der Waals surface area contributed by atoms with E-state index in [4.69, 9.17) is 5.14 Å². The number of nitrogens with one attached hydrogen (secondary N) is 2. The standard InChI is InChI=1S/C5H13N3O2S/c6-11(9,10)8-5-2-1-3-7-4-5/h5,7-8H,1-4H2,(H2,6,9,10)/t5-/m1/s1. The molecule has 5 nitrogen and oxygen atoms in total. The Bertz CT molecular complexity index is 208. The van der Waals surface area contributed by atoms with E-state index in [1.165, 1.54) is 0 Å². The second-order valence-electron chi connectivity index (χ2n) is 2.71. The molecule has 0 aromatic heterocycles. The lowest BCUT2D eigenvalue weighted by atomic mass is 10.1. The molecule has 0 aromatic rings. The summed E-state index contributed by atoms with van der Waals surface area (Å²) in [4.78, 5) is 0. The number of hydrogen-bond acceptors (Lipinski definition) is 3. The quantitative estimate of drug-likeness (QED) is 0.484. The van der Waals surface area contributed by atoms with Gasteiger partial charge in [-0.05, 0) is 19.4 Å². The van der Waals surface area contributed by atoms with Gasteiger partial charge in [0.15, 0.2) is 0 Å². The van der Waals surface area contributed by atoms with Crippen molar-refractivity contribution in [1.82, 2.24) is 10.0 Å². The number of rotatable bonds is 2. The van der Waals surface area contributed by atoms with E-state index < -0.39 is 10.2 Å². The van der Waals surface area contributed by atoms with E-state index in [0.717, 1.165) is 19.4 Å². The highest BCUT2D eigenvalue weighted by Crippen LogP contribution is 2.00. The largest absolute Gasteiger partial charge is 0.315 e. The molecule has 0 unspecified atom stereocenters. The Morgan fingerprint density at radius 3 is 2.73 bits per heavy atom. The van der Waals surface area contributed by atoms with Gasteiger partial charge in [0.1, 0.15) is 0 Å². The molecule has 1 rings (SSSR count). The van der Waals surface area contributed by atoms with Gasteiger partial charge in [0.05, 0.1) is 0 Å². The minimum atomic E-state index is -3.51. The average Bonchev–Trinajstić information content (AvgIpc) is 1.85. The number of hydrogen-bond donors (Lipinski definition) is 3. The van der Waals surface area contributed by atoms with Crippen molar-refractivity contribution in [2.24, 2.45) is 5.14 Å². The first-order valence-electron chi connectivity index (χ1n) is 3.59. The Kier molecular flexibility index (Phi) is 2.83. The van der Waals surface area contributed by atoms with Crippen molar-refractivity contribution in [2.45, 2.75) is 18.9 Å². The third-order valence-electron chi connectivity index (χ3n) is 1.63. The molecule has 1 atom stereocenters. The molecule has 1 aliphatic heterocycles. The highest BCUT2D eigenvalue weighted by atomic mass is 32.2. The zero-order chi connectivity index (χ0) is 8.32. The van der Waals surface area contributed by atoms with Gasteiger partial charge >= 0.3 is 0 Å². The maximum atomic E-state index is 10.5. The minimum absolute atomic E-state index is 0.0289. The van der Waals surface area contributed by atoms with Gasteiger partial charge in [-0.1, -0.05) is 0 Å². The summed E-state index contributed by atoms with van der Waals surface area (Å²) in [6, 6.07) is -0.0289. The zero-order valence-corrected chi connectivity index (χ0v) is 7.02. The number of nitrogens with two attached hydrogens (primary N) is 1. The zero-order valence-electron chi connectivity index (χ0n) is 6.21. The normalized spacial score (nSPS) is 26.8. The van der Waals surface area contributed by atoms with Gasteiger partial charge in [-0.15, -0.1) is 0 Å². The average molecular weight is 179 g/mol. The van der Waals surface area contributed by atoms with Crippen LogP contribution in [-0.2, 0) is 10.2 Å². The predicted octanol–water partition coefficient (Wildman–Crippen LogP) is -1.47. The monoisotopic (exact) mass is 179 g/mol. The highest BCUT2D eigenvalue weighted by molar-refractivity contribution is 7.87. The van der Waals surface area contributed by atoms with Crippen molar-refractivity contribution >= 4 is 10.2 Å². The molecule has 6 heteroatoms. The summed E-state index contributed by atoms with van der Waals surface area (Å²) in [7, 11) is -3.51. The van der Waals surface area contributed by atoms with Crippen molar-refractivity contribution in [3.63, 3.8) is 0 Å². The van der Waals surface area contributed by atoms with E-state index in [9.17, 15) is 8.42 Å². The van der Waals surface area contributed by atoms with Crippen LogP contribution in [0, 0.1) is 0 Å². The van der Waals surface area contributed by atoms with Crippen molar-refractivity contribution in [3.8, 4) is 0 Å². The first kappa shape index (κ1) is 8.92. The molecule has 1 heterocycles. The van der Waals surface area contributed by atoms with Crippen LogP contribution < -0.4 is 15.2 Å². The lowest BCUT2D eigenvalue weighted by Crippen LogP contribution is -2.47. The maximum absolute atomic E-state index is 10.5. The molecule has 4 N–H and O–H groups in total. The van der Waals surface area contributed by atoms with Crippen molar-refractivity contribution < 1.29 is 8.42 Å². The summed E-state index contributed by atoms with van der Waals surface area (Å²) in [5.41, 5.74) is 0. The van der Waals surface area contributed by atoms with E-state index in [1.54, 1.807) is 0 Å². The summed E-state index contributed by atoms with van der Waals surface area (Å²) in [6.07, 6.45) is 1.86. The molecular formula is C5H13N3O2S. The van der Waals surface area contributed by atoms with Crippen LogP contribution in [0.3, 0.4) is 0 Å². The Balaban J connectivity index is 2.36. The first-order valence-corrected chi connectivity index (χ1v) is 5.13. The molecule has 0 amide bonds. The Morgan fingerprint density at radius 2 is 2.27 bits per heavy atom. The van der Waals surface area contributed by atoms with Crippen LogP contribution in [0.25, 0.3) is 0 Å². The van der Waals surface area contributed by atoms with Crippen LogP contribution >= 0.6 is 0 Å². The van der Waals surface area contributed by atoms with Gasteiger partial charge in [-0.3, -0.25) is 0 Å². The summed E-state index contributed by atoms with van der Waals surface area (Å²) >= 11 is 0. The van der Waals surface area contributed by atoms with Gasteiger partial charge in [0, 0.05) is 12.6 Å². The van der Waals surface area contributed by atoms with Crippen LogP contribution in [0.15, 0.2) is 0 Å². The molecular weight excluding hydrogens is 166 g/mol. The van der Waals surface area contributed by atoms with Gasteiger partial charge in [-0.2, -0.15) is 13.1 Å². The SMILES string of the molecule is NS(=O)(=O)N[C@@H]1CCCNC1. The predicted molar refractivity (Wildman–Crippen MR) is 42.1 cm³/mol. The van der Waals surface area contributed by atoms with E-state index in [1.807, 2.05) is 0 Å². The van der Waals surface area contributed by atoms with E-state index in [-0.39, 0.29) is 6.04 Å².